The number of fused-ring (bicyclic) bond motifs is 2. The second kappa shape index (κ2) is 6.29. The molecule has 0 aliphatic carbocycles. The molecule has 3 heterocycles. The van der Waals surface area contributed by atoms with Crippen molar-refractivity contribution in [2.45, 2.75) is 37.0 Å². The summed E-state index contributed by atoms with van der Waals surface area (Å²) in [7, 11) is 0. The van der Waals surface area contributed by atoms with Crippen molar-refractivity contribution in [2.24, 2.45) is 5.73 Å². The molecule has 2 aliphatic heterocycles. The summed E-state index contributed by atoms with van der Waals surface area (Å²) in [5.74, 6) is -0.590. The topological polar surface area (TPSA) is 76.3 Å². The van der Waals surface area contributed by atoms with Crippen LogP contribution in [-0.4, -0.2) is 22.0 Å². The second-order valence-electron chi connectivity index (χ2n) is 6.54. The van der Waals surface area contributed by atoms with Crippen LogP contribution in [0.3, 0.4) is 0 Å². The predicted molar refractivity (Wildman–Crippen MR) is 103 cm³/mol. The van der Waals surface area contributed by atoms with Crippen molar-refractivity contribution in [1.82, 2.24) is 4.98 Å². The number of nitrogens with zero attached hydrogens (tertiary/aromatic N) is 2. The first-order chi connectivity index (χ1) is 12.5. The maximum atomic E-state index is 13.0. The summed E-state index contributed by atoms with van der Waals surface area (Å²) in [6.45, 7) is 4.06. The number of hydrogen-bond acceptors (Lipinski definition) is 5. The lowest BCUT2D eigenvalue weighted by atomic mass is 10.1. The Bertz CT molecular complexity index is 950. The van der Waals surface area contributed by atoms with Crippen molar-refractivity contribution in [1.29, 1.82) is 0 Å². The van der Waals surface area contributed by atoms with E-state index in [1.807, 2.05) is 31.2 Å². The molecule has 0 saturated carbocycles. The SMILES string of the molecule is CCCc1ccc2c(n1)S[C@@H]1C(=O)N(c3ccc(C)cc3)C(=O)C1=C2N. The molecule has 1 aromatic heterocycles. The molecule has 132 valence electrons. The van der Waals surface area contributed by atoms with E-state index in [4.69, 9.17) is 5.73 Å². The van der Waals surface area contributed by atoms with Crippen molar-refractivity contribution in [3.8, 4) is 0 Å². The number of anilines is 1. The van der Waals surface area contributed by atoms with Crippen LogP contribution in [-0.2, 0) is 16.0 Å². The molecule has 5 nitrogen and oxygen atoms in total. The van der Waals surface area contributed by atoms with Gasteiger partial charge in [-0.05, 0) is 37.6 Å². The van der Waals surface area contributed by atoms with Crippen LogP contribution >= 0.6 is 11.8 Å². The Morgan fingerprint density at radius 2 is 1.88 bits per heavy atom. The minimum atomic E-state index is -0.624. The summed E-state index contributed by atoms with van der Waals surface area (Å²) in [5.41, 5.74) is 10.4. The van der Waals surface area contributed by atoms with Crippen LogP contribution < -0.4 is 10.6 Å². The number of rotatable bonds is 3. The number of amides is 2. The fraction of sp³-hybridized carbons (Fsp3) is 0.250. The van der Waals surface area contributed by atoms with Crippen molar-refractivity contribution in [2.75, 3.05) is 4.90 Å². The number of nitrogens with two attached hydrogens (primary N) is 1. The van der Waals surface area contributed by atoms with Crippen molar-refractivity contribution >= 4 is 35.0 Å². The van der Waals surface area contributed by atoms with E-state index in [1.54, 1.807) is 12.1 Å². The van der Waals surface area contributed by atoms with E-state index in [0.717, 1.165) is 34.7 Å². The maximum Gasteiger partial charge on any atom is 0.264 e. The fourth-order valence-electron chi connectivity index (χ4n) is 3.30. The average molecular weight is 365 g/mol. The zero-order chi connectivity index (χ0) is 18.4. The second-order valence-corrected chi connectivity index (χ2v) is 7.64. The highest BCUT2D eigenvalue weighted by Gasteiger charge is 2.48. The van der Waals surface area contributed by atoms with Gasteiger partial charge in [0.15, 0.2) is 0 Å². The first-order valence-electron chi connectivity index (χ1n) is 8.62. The van der Waals surface area contributed by atoms with Gasteiger partial charge in [-0.2, -0.15) is 0 Å². The number of carbonyl (C=O) groups is 2. The van der Waals surface area contributed by atoms with Gasteiger partial charge >= 0.3 is 0 Å². The first-order valence-corrected chi connectivity index (χ1v) is 9.50. The fourth-order valence-corrected chi connectivity index (χ4v) is 4.55. The van der Waals surface area contributed by atoms with Gasteiger partial charge in [-0.25, -0.2) is 9.88 Å². The largest absolute Gasteiger partial charge is 0.398 e. The highest BCUT2D eigenvalue weighted by Crippen LogP contribution is 2.44. The third-order valence-electron chi connectivity index (χ3n) is 4.67. The van der Waals surface area contributed by atoms with Crippen molar-refractivity contribution < 1.29 is 9.59 Å². The molecule has 26 heavy (non-hydrogen) atoms. The molecule has 0 radical (unpaired) electrons. The average Bonchev–Trinajstić information content (AvgIpc) is 2.87. The summed E-state index contributed by atoms with van der Waals surface area (Å²) < 4.78 is 0. The number of carbonyl (C=O) groups excluding carboxylic acids is 2. The van der Waals surface area contributed by atoms with E-state index in [9.17, 15) is 9.59 Å². The number of pyridine rings is 1. The van der Waals surface area contributed by atoms with Crippen LogP contribution in [0.25, 0.3) is 5.70 Å². The van der Waals surface area contributed by atoms with Crippen LogP contribution in [0.15, 0.2) is 47.0 Å². The summed E-state index contributed by atoms with van der Waals surface area (Å²) in [6, 6.07) is 11.2. The summed E-state index contributed by atoms with van der Waals surface area (Å²) in [4.78, 5) is 31.8. The molecule has 1 atom stereocenters. The van der Waals surface area contributed by atoms with Gasteiger partial charge in [0.1, 0.15) is 10.3 Å². The Hall–Kier alpha value is -2.60. The number of aryl methyl sites for hydroxylation is 2. The predicted octanol–water partition coefficient (Wildman–Crippen LogP) is 3.06. The molecule has 1 fully saturated rings. The zero-order valence-corrected chi connectivity index (χ0v) is 15.5. The highest BCUT2D eigenvalue weighted by atomic mass is 32.2. The van der Waals surface area contributed by atoms with Crippen molar-refractivity contribution in [3.63, 3.8) is 0 Å². The molecule has 0 unspecified atom stereocenters. The van der Waals surface area contributed by atoms with Gasteiger partial charge in [0.25, 0.3) is 11.8 Å². The molecule has 2 amide bonds. The molecule has 2 aliphatic rings. The Balaban J connectivity index is 1.77. The molecule has 2 aromatic rings. The Morgan fingerprint density at radius 1 is 1.15 bits per heavy atom. The minimum absolute atomic E-state index is 0.254. The van der Waals surface area contributed by atoms with Gasteiger partial charge in [0.05, 0.1) is 17.0 Å². The number of aromatic nitrogens is 1. The van der Waals surface area contributed by atoms with Gasteiger partial charge in [0.2, 0.25) is 0 Å². The van der Waals surface area contributed by atoms with Crippen LogP contribution in [0.5, 0.6) is 0 Å². The third kappa shape index (κ3) is 2.52. The first kappa shape index (κ1) is 16.8. The quantitative estimate of drug-likeness (QED) is 0.846. The monoisotopic (exact) mass is 365 g/mol. The Kier molecular flexibility index (Phi) is 4.07. The van der Waals surface area contributed by atoms with Crippen LogP contribution in [0.1, 0.15) is 30.2 Å². The lowest BCUT2D eigenvalue weighted by Gasteiger charge is -2.20. The molecular formula is C20H19N3O2S. The van der Waals surface area contributed by atoms with E-state index in [-0.39, 0.29) is 11.8 Å². The van der Waals surface area contributed by atoms with Gasteiger partial charge < -0.3 is 5.73 Å². The smallest absolute Gasteiger partial charge is 0.264 e. The van der Waals surface area contributed by atoms with Crippen LogP contribution in [0.4, 0.5) is 5.69 Å². The molecule has 1 saturated heterocycles. The third-order valence-corrected chi connectivity index (χ3v) is 5.87. The molecule has 6 heteroatoms. The molecule has 0 bridgehead atoms. The maximum absolute atomic E-state index is 13.0. The highest BCUT2D eigenvalue weighted by molar-refractivity contribution is 8.01. The van der Waals surface area contributed by atoms with E-state index in [0.29, 0.717) is 17.0 Å². The molecule has 4 rings (SSSR count). The summed E-state index contributed by atoms with van der Waals surface area (Å²) in [6.07, 6.45) is 1.87. The minimum Gasteiger partial charge on any atom is -0.398 e. The van der Waals surface area contributed by atoms with Gasteiger partial charge in [0, 0.05) is 11.3 Å². The normalized spacial score (nSPS) is 19.0. The van der Waals surface area contributed by atoms with E-state index in [1.165, 1.54) is 16.7 Å². The number of thioether (sulfide) groups is 1. The lowest BCUT2D eigenvalue weighted by Crippen LogP contribution is -2.31. The molecular weight excluding hydrogens is 346 g/mol. The Morgan fingerprint density at radius 3 is 2.58 bits per heavy atom. The van der Waals surface area contributed by atoms with Gasteiger partial charge in [-0.15, -0.1) is 0 Å². The molecule has 2 N–H and O–H groups in total. The molecule has 1 aromatic carbocycles. The van der Waals surface area contributed by atoms with Gasteiger partial charge in [-0.1, -0.05) is 42.8 Å². The summed E-state index contributed by atoms with van der Waals surface area (Å²) in [5, 5.41) is 0.106. The number of imide groups is 1. The van der Waals surface area contributed by atoms with E-state index < -0.39 is 5.25 Å². The summed E-state index contributed by atoms with van der Waals surface area (Å²) >= 11 is 1.32. The van der Waals surface area contributed by atoms with E-state index in [2.05, 4.69) is 11.9 Å². The zero-order valence-electron chi connectivity index (χ0n) is 14.7. The Labute approximate surface area is 156 Å². The number of benzene rings is 1. The van der Waals surface area contributed by atoms with Crippen molar-refractivity contribution in [3.05, 3.63) is 58.8 Å². The standard InChI is InChI=1S/C20H19N3O2S/c1-3-4-12-7-10-14-16(21)15-17(26-18(14)22-12)20(25)23(19(15)24)13-8-5-11(2)6-9-13/h5-10,17H,3-4,21H2,1-2H3/t17-/m0/s1. The molecule has 0 spiro atoms. The number of hydrogen-bond donors (Lipinski definition) is 1. The van der Waals surface area contributed by atoms with E-state index >= 15 is 0 Å². The van der Waals surface area contributed by atoms with Crippen LogP contribution in [0.2, 0.25) is 0 Å². The van der Waals surface area contributed by atoms with Crippen LogP contribution in [0, 0.1) is 6.92 Å². The lowest BCUT2D eigenvalue weighted by molar-refractivity contribution is -0.120. The van der Waals surface area contributed by atoms with Gasteiger partial charge in [-0.3, -0.25) is 9.59 Å².